The van der Waals surface area contributed by atoms with E-state index in [9.17, 15) is 14.7 Å². The van der Waals surface area contributed by atoms with E-state index in [1.165, 1.54) is 19.4 Å². The van der Waals surface area contributed by atoms with E-state index in [0.717, 1.165) is 17.7 Å². The fourth-order valence-electron chi connectivity index (χ4n) is 3.61. The third kappa shape index (κ3) is 2.33. The van der Waals surface area contributed by atoms with Crippen LogP contribution in [0.25, 0.3) is 0 Å². The predicted octanol–water partition coefficient (Wildman–Crippen LogP) is 1.72. The molecule has 1 aromatic heterocycles. The molecule has 0 spiro atoms. The number of carbonyl (C=O) groups is 2. The third-order valence-corrected chi connectivity index (χ3v) is 4.82. The summed E-state index contributed by atoms with van der Waals surface area (Å²) in [7, 11) is 1.46. The highest BCUT2D eigenvalue weighted by molar-refractivity contribution is 6.02. The number of anilines is 1. The summed E-state index contributed by atoms with van der Waals surface area (Å²) in [6, 6.07) is 4.39. The van der Waals surface area contributed by atoms with Gasteiger partial charge in [-0.3, -0.25) is 9.59 Å². The van der Waals surface area contributed by atoms with Gasteiger partial charge in [-0.2, -0.15) is 5.10 Å². The molecule has 1 amide bonds. The van der Waals surface area contributed by atoms with Crippen molar-refractivity contribution in [3.8, 4) is 11.5 Å². The number of nitrogens with zero attached hydrogens (tertiary/aromatic N) is 2. The van der Waals surface area contributed by atoms with Crippen molar-refractivity contribution >= 4 is 17.5 Å². The van der Waals surface area contributed by atoms with Gasteiger partial charge in [0.15, 0.2) is 17.3 Å². The Morgan fingerprint density at radius 3 is 2.96 bits per heavy atom. The number of phenols is 1. The number of amides is 1. The van der Waals surface area contributed by atoms with E-state index in [1.54, 1.807) is 16.8 Å². The van der Waals surface area contributed by atoms with Crippen molar-refractivity contribution in [2.75, 3.05) is 12.4 Å². The summed E-state index contributed by atoms with van der Waals surface area (Å²) in [6.07, 6.45) is 3.32. The Morgan fingerprint density at radius 1 is 1.42 bits per heavy atom. The molecule has 1 aliphatic carbocycles. The molecule has 1 aliphatic heterocycles. The fraction of sp³-hybridized carbons (Fsp3) is 0.278. The van der Waals surface area contributed by atoms with Crippen molar-refractivity contribution in [1.82, 2.24) is 9.78 Å². The first-order valence-electron chi connectivity index (χ1n) is 8.28. The van der Waals surface area contributed by atoms with Gasteiger partial charge in [-0.05, 0) is 30.5 Å². The third-order valence-electron chi connectivity index (χ3n) is 4.82. The molecule has 8 nitrogen and oxygen atoms in total. The predicted molar refractivity (Wildman–Crippen MR) is 93.0 cm³/mol. The first kappa shape index (κ1) is 16.2. The Kier molecular flexibility index (Phi) is 3.68. The van der Waals surface area contributed by atoms with Crippen molar-refractivity contribution in [3.63, 3.8) is 0 Å². The molecule has 0 radical (unpaired) electrons. The SMILES string of the molecule is COc1cc([C@H]2C3=C(CCCC3=O)Nc3c(C(N)=O)cnn32)ccc1O. The highest BCUT2D eigenvalue weighted by Crippen LogP contribution is 2.43. The minimum Gasteiger partial charge on any atom is -0.504 e. The van der Waals surface area contributed by atoms with Crippen molar-refractivity contribution in [2.45, 2.75) is 25.3 Å². The van der Waals surface area contributed by atoms with E-state index in [4.69, 9.17) is 10.5 Å². The van der Waals surface area contributed by atoms with Crippen LogP contribution in [-0.2, 0) is 4.79 Å². The number of primary amides is 1. The van der Waals surface area contributed by atoms with Crippen molar-refractivity contribution < 1.29 is 19.4 Å². The number of methoxy groups -OCH3 is 1. The van der Waals surface area contributed by atoms with Gasteiger partial charge in [0.2, 0.25) is 0 Å². The van der Waals surface area contributed by atoms with Gasteiger partial charge in [-0.25, -0.2) is 4.68 Å². The number of hydrogen-bond donors (Lipinski definition) is 3. The van der Waals surface area contributed by atoms with Crippen LogP contribution in [0.1, 0.15) is 41.2 Å². The fourth-order valence-corrected chi connectivity index (χ4v) is 3.61. The number of benzene rings is 1. The zero-order chi connectivity index (χ0) is 18.4. The molecule has 0 bridgehead atoms. The molecule has 8 heteroatoms. The number of rotatable bonds is 3. The lowest BCUT2D eigenvalue weighted by Gasteiger charge is -2.33. The Balaban J connectivity index is 1.94. The zero-order valence-electron chi connectivity index (χ0n) is 14.2. The van der Waals surface area contributed by atoms with Crippen LogP contribution in [0.4, 0.5) is 5.82 Å². The maximum absolute atomic E-state index is 12.7. The van der Waals surface area contributed by atoms with Crippen LogP contribution in [0.15, 0.2) is 35.7 Å². The maximum atomic E-state index is 12.7. The monoisotopic (exact) mass is 354 g/mol. The number of phenolic OH excluding ortho intramolecular Hbond substituents is 1. The van der Waals surface area contributed by atoms with Crippen molar-refractivity contribution in [3.05, 3.63) is 46.8 Å². The molecule has 4 N–H and O–H groups in total. The largest absolute Gasteiger partial charge is 0.504 e. The first-order chi connectivity index (χ1) is 12.5. The van der Waals surface area contributed by atoms with Crippen LogP contribution in [-0.4, -0.2) is 33.7 Å². The molecule has 4 rings (SSSR count). The number of nitrogens with one attached hydrogen (secondary N) is 1. The number of aromatic hydroxyl groups is 1. The van der Waals surface area contributed by atoms with E-state index in [2.05, 4.69) is 10.4 Å². The van der Waals surface area contributed by atoms with Gasteiger partial charge in [0.1, 0.15) is 17.4 Å². The normalized spacial score (nSPS) is 18.8. The minimum atomic E-state index is -0.591. The van der Waals surface area contributed by atoms with Gasteiger partial charge in [0.25, 0.3) is 5.91 Å². The van der Waals surface area contributed by atoms with Crippen LogP contribution in [0.2, 0.25) is 0 Å². The van der Waals surface area contributed by atoms with E-state index in [1.807, 2.05) is 0 Å². The number of Topliss-reactive ketones (excluding diaryl/α,β-unsaturated/α-hetero) is 1. The summed E-state index contributed by atoms with van der Waals surface area (Å²) < 4.78 is 6.79. The molecule has 1 atom stereocenters. The molecule has 0 unspecified atom stereocenters. The van der Waals surface area contributed by atoms with E-state index in [-0.39, 0.29) is 17.1 Å². The quantitative estimate of drug-likeness (QED) is 0.772. The topological polar surface area (TPSA) is 119 Å². The summed E-state index contributed by atoms with van der Waals surface area (Å²) in [5.41, 5.74) is 7.86. The van der Waals surface area contributed by atoms with Crippen LogP contribution in [0.3, 0.4) is 0 Å². The van der Waals surface area contributed by atoms with Gasteiger partial charge in [-0.1, -0.05) is 6.07 Å². The molecule has 0 saturated carbocycles. The lowest BCUT2D eigenvalue weighted by Crippen LogP contribution is -2.32. The van der Waals surface area contributed by atoms with Crippen LogP contribution < -0.4 is 15.8 Å². The maximum Gasteiger partial charge on any atom is 0.254 e. The summed E-state index contributed by atoms with van der Waals surface area (Å²) in [5.74, 6) is 0.232. The Hall–Kier alpha value is -3.29. The molecular formula is C18H18N4O4. The smallest absolute Gasteiger partial charge is 0.254 e. The molecular weight excluding hydrogens is 336 g/mol. The summed E-state index contributed by atoms with van der Waals surface area (Å²) in [5, 5.41) is 17.4. The molecule has 2 aliphatic rings. The Bertz CT molecular complexity index is 960. The zero-order valence-corrected chi connectivity index (χ0v) is 14.2. The molecule has 1 aromatic carbocycles. The highest BCUT2D eigenvalue weighted by atomic mass is 16.5. The Morgan fingerprint density at radius 2 is 2.23 bits per heavy atom. The van der Waals surface area contributed by atoms with Crippen LogP contribution >= 0.6 is 0 Å². The summed E-state index contributed by atoms with van der Waals surface area (Å²) >= 11 is 0. The second-order valence-electron chi connectivity index (χ2n) is 6.34. The van der Waals surface area contributed by atoms with Crippen molar-refractivity contribution in [1.29, 1.82) is 0 Å². The summed E-state index contributed by atoms with van der Waals surface area (Å²) in [6.45, 7) is 0. The molecule has 0 saturated heterocycles. The summed E-state index contributed by atoms with van der Waals surface area (Å²) in [4.78, 5) is 24.4. The second kappa shape index (κ2) is 5.91. The Labute approximate surface area is 149 Å². The lowest BCUT2D eigenvalue weighted by molar-refractivity contribution is -0.116. The number of hydrogen-bond acceptors (Lipinski definition) is 6. The molecule has 134 valence electrons. The van der Waals surface area contributed by atoms with Gasteiger partial charge in [0.05, 0.1) is 13.3 Å². The van der Waals surface area contributed by atoms with E-state index < -0.39 is 11.9 Å². The average molecular weight is 354 g/mol. The standard InChI is InChI=1S/C18H18N4O4/c1-26-14-7-9(5-6-12(14)23)16-15-11(3-2-4-13(15)24)21-18-10(17(19)25)8-20-22(16)18/h5-8,16,21,23H,2-4H2,1H3,(H2,19,25)/t16-/m0/s1. The van der Waals surface area contributed by atoms with E-state index in [0.29, 0.717) is 30.0 Å². The second-order valence-corrected chi connectivity index (χ2v) is 6.34. The number of aromatic nitrogens is 2. The molecule has 2 heterocycles. The van der Waals surface area contributed by atoms with Crippen LogP contribution in [0.5, 0.6) is 11.5 Å². The van der Waals surface area contributed by atoms with Gasteiger partial charge < -0.3 is 20.9 Å². The van der Waals surface area contributed by atoms with Crippen LogP contribution in [0, 0.1) is 0 Å². The number of ether oxygens (including phenoxy) is 1. The van der Waals surface area contributed by atoms with Gasteiger partial charge in [0, 0.05) is 17.7 Å². The van der Waals surface area contributed by atoms with Gasteiger partial charge in [-0.15, -0.1) is 0 Å². The minimum absolute atomic E-state index is 0.00729. The van der Waals surface area contributed by atoms with Gasteiger partial charge >= 0.3 is 0 Å². The highest BCUT2D eigenvalue weighted by Gasteiger charge is 2.37. The van der Waals surface area contributed by atoms with E-state index >= 15 is 0 Å². The molecule has 0 fully saturated rings. The average Bonchev–Trinajstić information content (AvgIpc) is 3.04. The molecule has 2 aromatic rings. The lowest BCUT2D eigenvalue weighted by atomic mass is 9.85. The van der Waals surface area contributed by atoms with Crippen molar-refractivity contribution in [2.24, 2.45) is 5.73 Å². The number of ketones is 1. The number of allylic oxidation sites excluding steroid dienone is 2. The number of carbonyl (C=O) groups excluding carboxylic acids is 2. The number of nitrogens with two attached hydrogens (primary N) is 1. The number of fused-ring (bicyclic) bond motifs is 1. The first-order valence-corrected chi connectivity index (χ1v) is 8.28. The molecule has 26 heavy (non-hydrogen) atoms.